The Morgan fingerprint density at radius 2 is 2.19 bits per heavy atom. The van der Waals surface area contributed by atoms with Crippen molar-refractivity contribution in [2.45, 2.75) is 6.10 Å². The van der Waals surface area contributed by atoms with E-state index in [1.165, 1.54) is 23.5 Å². The van der Waals surface area contributed by atoms with Crippen LogP contribution in [0.25, 0.3) is 21.1 Å². The summed E-state index contributed by atoms with van der Waals surface area (Å²) < 4.78 is 19.5. The monoisotopic (exact) mass is 438 g/mol. The molecule has 0 bridgehead atoms. The number of aromatic nitrogens is 2. The summed E-state index contributed by atoms with van der Waals surface area (Å²) in [4.78, 5) is 36.0. The van der Waals surface area contributed by atoms with Crippen molar-refractivity contribution >= 4 is 44.3 Å². The number of hydrogen-bond acceptors (Lipinski definition) is 5. The molecular weight excluding hydrogens is 419 g/mol. The van der Waals surface area contributed by atoms with Gasteiger partial charge in [0, 0.05) is 41.6 Å². The van der Waals surface area contributed by atoms with Crippen LogP contribution in [0.15, 0.2) is 42.6 Å². The summed E-state index contributed by atoms with van der Waals surface area (Å²) in [5, 5.41) is 4.30. The van der Waals surface area contributed by atoms with E-state index in [0.29, 0.717) is 35.8 Å². The smallest absolute Gasteiger partial charge is 0.270 e. The van der Waals surface area contributed by atoms with Crippen molar-refractivity contribution in [3.63, 3.8) is 0 Å². The number of hydrogen-bond donors (Lipinski definition) is 2. The molecular formula is C22H19FN4O3S. The summed E-state index contributed by atoms with van der Waals surface area (Å²) in [5.74, 6) is -0.758. The lowest BCUT2D eigenvalue weighted by Gasteiger charge is -2.33. The molecule has 0 spiro atoms. The fourth-order valence-corrected chi connectivity index (χ4v) is 5.09. The Balaban J connectivity index is 1.48. The van der Waals surface area contributed by atoms with Gasteiger partial charge in [-0.3, -0.25) is 9.59 Å². The molecule has 1 aliphatic heterocycles. The maximum atomic E-state index is 13.5. The van der Waals surface area contributed by atoms with Gasteiger partial charge in [-0.1, -0.05) is 6.07 Å². The normalized spacial score (nSPS) is 16.7. The number of amides is 2. The summed E-state index contributed by atoms with van der Waals surface area (Å²) in [7, 11) is 1.58. The van der Waals surface area contributed by atoms with E-state index >= 15 is 0 Å². The fourth-order valence-electron chi connectivity index (χ4n) is 3.95. The largest absolute Gasteiger partial charge is 0.370 e. The number of ether oxygens (including phenoxy) is 1. The van der Waals surface area contributed by atoms with E-state index in [-0.39, 0.29) is 17.6 Å². The molecule has 1 aromatic carbocycles. The molecule has 31 heavy (non-hydrogen) atoms. The summed E-state index contributed by atoms with van der Waals surface area (Å²) in [5.41, 5.74) is 1.72. The molecule has 7 nitrogen and oxygen atoms in total. The zero-order chi connectivity index (χ0) is 21.5. The molecule has 1 unspecified atom stereocenters. The topological polar surface area (TPSA) is 87.3 Å². The Morgan fingerprint density at radius 3 is 3.03 bits per heavy atom. The van der Waals surface area contributed by atoms with Gasteiger partial charge in [0.1, 0.15) is 27.3 Å². The van der Waals surface area contributed by atoms with Crippen molar-refractivity contribution in [1.82, 2.24) is 20.2 Å². The number of carbonyl (C=O) groups is 2. The Bertz CT molecular complexity index is 1310. The second-order valence-corrected chi connectivity index (χ2v) is 8.30. The van der Waals surface area contributed by atoms with Crippen LogP contribution in [0, 0.1) is 5.82 Å². The molecule has 4 heterocycles. The number of rotatable bonds is 3. The first-order valence-corrected chi connectivity index (χ1v) is 10.7. The second kappa shape index (κ2) is 7.75. The van der Waals surface area contributed by atoms with Crippen LogP contribution in [0.5, 0.6) is 0 Å². The van der Waals surface area contributed by atoms with Gasteiger partial charge in [0.2, 0.25) is 0 Å². The van der Waals surface area contributed by atoms with Crippen LogP contribution in [0.1, 0.15) is 31.8 Å². The third-order valence-corrected chi connectivity index (χ3v) is 6.56. The Kier molecular flexibility index (Phi) is 4.91. The number of pyridine rings is 1. The van der Waals surface area contributed by atoms with E-state index in [4.69, 9.17) is 4.74 Å². The van der Waals surface area contributed by atoms with Gasteiger partial charge >= 0.3 is 0 Å². The molecule has 1 atom stereocenters. The zero-order valence-corrected chi connectivity index (χ0v) is 17.5. The molecule has 9 heteroatoms. The van der Waals surface area contributed by atoms with Gasteiger partial charge in [-0.25, -0.2) is 9.37 Å². The fraction of sp³-hybridized carbons (Fsp3) is 0.227. The lowest BCUT2D eigenvalue weighted by Crippen LogP contribution is -2.42. The highest BCUT2D eigenvalue weighted by atomic mass is 32.1. The Morgan fingerprint density at radius 1 is 1.32 bits per heavy atom. The first-order chi connectivity index (χ1) is 15.0. The molecule has 5 rings (SSSR count). The van der Waals surface area contributed by atoms with Crippen molar-refractivity contribution in [3.8, 4) is 0 Å². The van der Waals surface area contributed by atoms with Gasteiger partial charge in [-0.15, -0.1) is 11.3 Å². The minimum Gasteiger partial charge on any atom is -0.370 e. The zero-order valence-electron chi connectivity index (χ0n) is 16.6. The molecule has 158 valence electrons. The lowest BCUT2D eigenvalue weighted by atomic mass is 10.0. The number of aromatic amines is 1. The SMILES string of the molecule is CNC(=O)c1sc2ncccc2c1C1CN(C(=O)c2cc3ccc(F)cc3[nH]2)CCO1. The number of nitrogens with one attached hydrogen (secondary N) is 2. The van der Waals surface area contributed by atoms with Gasteiger partial charge in [0.15, 0.2) is 0 Å². The first-order valence-electron chi connectivity index (χ1n) is 9.84. The quantitative estimate of drug-likeness (QED) is 0.513. The molecule has 0 saturated carbocycles. The van der Waals surface area contributed by atoms with Crippen molar-refractivity contribution in [2.75, 3.05) is 26.7 Å². The van der Waals surface area contributed by atoms with Crippen LogP contribution < -0.4 is 5.32 Å². The van der Waals surface area contributed by atoms with Crippen molar-refractivity contribution in [2.24, 2.45) is 0 Å². The molecule has 1 aliphatic rings. The summed E-state index contributed by atoms with van der Waals surface area (Å²) in [6.07, 6.45) is 1.23. The van der Waals surface area contributed by atoms with Crippen molar-refractivity contribution in [1.29, 1.82) is 0 Å². The molecule has 3 aromatic heterocycles. The highest BCUT2D eigenvalue weighted by Crippen LogP contribution is 2.37. The number of fused-ring (bicyclic) bond motifs is 2. The van der Waals surface area contributed by atoms with E-state index < -0.39 is 6.10 Å². The molecule has 0 aliphatic carbocycles. The number of nitrogens with zero attached hydrogens (tertiary/aromatic N) is 2. The standard InChI is InChI=1S/C22H19FN4O3S/c1-24-20(28)19-18(14-3-2-6-25-21(14)31-19)17-11-27(7-8-30-17)22(29)16-9-12-4-5-13(23)10-15(12)26-16/h2-6,9-10,17,26H,7-8,11H2,1H3,(H,24,28). The lowest BCUT2D eigenvalue weighted by molar-refractivity contribution is -0.0224. The molecule has 4 aromatic rings. The number of H-pyrrole nitrogens is 1. The number of morpholine rings is 1. The predicted octanol–water partition coefficient (Wildman–Crippen LogP) is 3.49. The summed E-state index contributed by atoms with van der Waals surface area (Å²) >= 11 is 1.31. The first kappa shape index (κ1) is 19.7. The highest BCUT2D eigenvalue weighted by molar-refractivity contribution is 7.20. The third kappa shape index (κ3) is 3.45. The minimum absolute atomic E-state index is 0.191. The van der Waals surface area contributed by atoms with Crippen molar-refractivity contribution < 1.29 is 18.7 Å². The molecule has 2 N–H and O–H groups in total. The average Bonchev–Trinajstić information content (AvgIpc) is 3.39. The summed E-state index contributed by atoms with van der Waals surface area (Å²) in [6.45, 7) is 1.07. The third-order valence-electron chi connectivity index (χ3n) is 5.43. The predicted molar refractivity (Wildman–Crippen MR) is 116 cm³/mol. The van der Waals surface area contributed by atoms with Crippen LogP contribution in [0.4, 0.5) is 4.39 Å². The molecule has 1 fully saturated rings. The van der Waals surface area contributed by atoms with E-state index in [2.05, 4.69) is 15.3 Å². The van der Waals surface area contributed by atoms with Gasteiger partial charge in [-0.05, 0) is 30.3 Å². The van der Waals surface area contributed by atoms with Crippen LogP contribution in [0.3, 0.4) is 0 Å². The van der Waals surface area contributed by atoms with Crippen molar-refractivity contribution in [3.05, 3.63) is 64.5 Å². The Labute approximate surface area is 180 Å². The maximum Gasteiger partial charge on any atom is 0.270 e. The van der Waals surface area contributed by atoms with Gasteiger partial charge in [0.05, 0.1) is 13.2 Å². The molecule has 2 amide bonds. The second-order valence-electron chi connectivity index (χ2n) is 7.31. The number of benzene rings is 1. The maximum absolute atomic E-state index is 13.5. The van der Waals surface area contributed by atoms with E-state index in [0.717, 1.165) is 21.2 Å². The van der Waals surface area contributed by atoms with Crippen LogP contribution in [-0.4, -0.2) is 53.4 Å². The highest BCUT2D eigenvalue weighted by Gasteiger charge is 2.32. The molecule has 0 radical (unpaired) electrons. The van der Waals surface area contributed by atoms with E-state index in [1.54, 1.807) is 30.3 Å². The van der Waals surface area contributed by atoms with Gasteiger partial charge in [-0.2, -0.15) is 0 Å². The van der Waals surface area contributed by atoms with Crippen LogP contribution >= 0.6 is 11.3 Å². The summed E-state index contributed by atoms with van der Waals surface area (Å²) in [6, 6.07) is 9.83. The van der Waals surface area contributed by atoms with E-state index in [9.17, 15) is 14.0 Å². The van der Waals surface area contributed by atoms with Crippen LogP contribution in [-0.2, 0) is 4.74 Å². The van der Waals surface area contributed by atoms with Crippen LogP contribution in [0.2, 0.25) is 0 Å². The van der Waals surface area contributed by atoms with Gasteiger partial charge in [0.25, 0.3) is 11.8 Å². The average molecular weight is 438 g/mol. The number of thiophene rings is 1. The minimum atomic E-state index is -0.454. The Hall–Kier alpha value is -3.30. The van der Waals surface area contributed by atoms with Gasteiger partial charge < -0.3 is 19.9 Å². The van der Waals surface area contributed by atoms with E-state index in [1.807, 2.05) is 12.1 Å². The molecule has 1 saturated heterocycles. The number of halogens is 1. The number of carbonyl (C=O) groups excluding carboxylic acids is 2.